The number of anilines is 1. The van der Waals surface area contributed by atoms with Gasteiger partial charge in [0.1, 0.15) is 5.01 Å². The van der Waals surface area contributed by atoms with Crippen LogP contribution in [-0.4, -0.2) is 18.0 Å². The maximum atomic E-state index is 13.9. The highest BCUT2D eigenvalue weighted by Crippen LogP contribution is 2.31. The van der Waals surface area contributed by atoms with Crippen LogP contribution in [0.5, 0.6) is 5.75 Å². The summed E-state index contributed by atoms with van der Waals surface area (Å²) in [7, 11) is 1.43. The summed E-state index contributed by atoms with van der Waals surface area (Å²) in [5, 5.41) is 5.45. The van der Waals surface area contributed by atoms with E-state index in [4.69, 9.17) is 9.15 Å². The quantitative estimate of drug-likeness (QED) is 0.487. The molecule has 4 rings (SSSR count). The summed E-state index contributed by atoms with van der Waals surface area (Å²) in [6, 6.07) is 15.4. The van der Waals surface area contributed by atoms with Crippen molar-refractivity contribution in [3.8, 4) is 27.6 Å². The molecule has 2 aromatic heterocycles. The van der Waals surface area contributed by atoms with E-state index in [1.54, 1.807) is 36.4 Å². The van der Waals surface area contributed by atoms with Gasteiger partial charge in [-0.3, -0.25) is 4.79 Å². The number of halogens is 1. The number of benzene rings is 2. The number of methoxy groups -OCH3 is 1. The molecule has 2 aromatic carbocycles. The molecule has 7 heteroatoms. The molecule has 1 amide bonds. The number of amides is 1. The van der Waals surface area contributed by atoms with E-state index in [0.717, 1.165) is 10.6 Å². The lowest BCUT2D eigenvalue weighted by Crippen LogP contribution is -2.10. The predicted octanol–water partition coefficient (Wildman–Crippen LogP) is 5.47. The molecule has 0 saturated heterocycles. The molecule has 140 valence electrons. The van der Waals surface area contributed by atoms with Gasteiger partial charge in [0, 0.05) is 22.2 Å². The van der Waals surface area contributed by atoms with Crippen LogP contribution in [0.2, 0.25) is 0 Å². The summed E-state index contributed by atoms with van der Waals surface area (Å²) >= 11 is 1.46. The van der Waals surface area contributed by atoms with Gasteiger partial charge < -0.3 is 14.5 Å². The van der Waals surface area contributed by atoms with Crippen molar-refractivity contribution in [3.63, 3.8) is 0 Å². The van der Waals surface area contributed by atoms with Gasteiger partial charge in [-0.1, -0.05) is 0 Å². The second-order valence-electron chi connectivity index (χ2n) is 5.90. The molecule has 0 aliphatic carbocycles. The van der Waals surface area contributed by atoms with E-state index in [0.29, 0.717) is 16.9 Å². The first-order valence-corrected chi connectivity index (χ1v) is 9.27. The molecule has 0 fully saturated rings. The molecule has 1 N–H and O–H groups in total. The van der Waals surface area contributed by atoms with E-state index >= 15 is 0 Å². The standard InChI is InChI=1S/C21H15FN2O3S/c1-26-18-9-6-14(11-16(18)22)17-12-28-21(24-17)13-4-7-15(8-5-13)23-20(25)19-3-2-10-27-19/h2-12H,1H3,(H,23,25). The number of nitrogens with zero attached hydrogens (tertiary/aromatic N) is 1. The van der Waals surface area contributed by atoms with Crippen molar-refractivity contribution in [1.29, 1.82) is 0 Å². The number of carbonyl (C=O) groups excluding carboxylic acids is 1. The number of aromatic nitrogens is 1. The topological polar surface area (TPSA) is 64.4 Å². The number of nitrogens with one attached hydrogen (secondary N) is 1. The molecular weight excluding hydrogens is 379 g/mol. The minimum Gasteiger partial charge on any atom is -0.494 e. The first-order valence-electron chi connectivity index (χ1n) is 8.39. The van der Waals surface area contributed by atoms with Gasteiger partial charge in [-0.2, -0.15) is 0 Å². The van der Waals surface area contributed by atoms with Crippen LogP contribution in [0.4, 0.5) is 10.1 Å². The molecule has 0 radical (unpaired) electrons. The van der Waals surface area contributed by atoms with Gasteiger partial charge in [0.25, 0.3) is 5.91 Å². The monoisotopic (exact) mass is 394 g/mol. The molecule has 2 heterocycles. The highest BCUT2D eigenvalue weighted by molar-refractivity contribution is 7.13. The molecule has 28 heavy (non-hydrogen) atoms. The smallest absolute Gasteiger partial charge is 0.291 e. The summed E-state index contributed by atoms with van der Waals surface area (Å²) in [5.41, 5.74) is 2.93. The Morgan fingerprint density at radius 1 is 1.14 bits per heavy atom. The van der Waals surface area contributed by atoms with Crippen molar-refractivity contribution < 1.29 is 18.3 Å². The number of furan rings is 1. The van der Waals surface area contributed by atoms with Crippen LogP contribution in [-0.2, 0) is 0 Å². The average molecular weight is 394 g/mol. The van der Waals surface area contributed by atoms with Gasteiger partial charge in [0.2, 0.25) is 0 Å². The van der Waals surface area contributed by atoms with Gasteiger partial charge in [-0.15, -0.1) is 11.3 Å². The third-order valence-electron chi connectivity index (χ3n) is 4.09. The van der Waals surface area contributed by atoms with E-state index in [-0.39, 0.29) is 17.4 Å². The maximum absolute atomic E-state index is 13.9. The Bertz CT molecular complexity index is 1110. The van der Waals surface area contributed by atoms with Crippen molar-refractivity contribution in [1.82, 2.24) is 4.98 Å². The number of rotatable bonds is 5. The largest absolute Gasteiger partial charge is 0.494 e. The van der Waals surface area contributed by atoms with E-state index in [1.165, 1.54) is 30.8 Å². The fraction of sp³-hybridized carbons (Fsp3) is 0.0476. The number of hydrogen-bond donors (Lipinski definition) is 1. The number of ether oxygens (including phenoxy) is 1. The lowest BCUT2D eigenvalue weighted by atomic mass is 10.1. The molecular formula is C21H15FN2O3S. The van der Waals surface area contributed by atoms with Crippen molar-refractivity contribution in [3.05, 3.63) is 77.8 Å². The Hall–Kier alpha value is -3.45. The third kappa shape index (κ3) is 3.65. The Morgan fingerprint density at radius 2 is 1.93 bits per heavy atom. The zero-order valence-corrected chi connectivity index (χ0v) is 15.6. The van der Waals surface area contributed by atoms with Crippen LogP contribution in [0.1, 0.15) is 10.6 Å². The van der Waals surface area contributed by atoms with Crippen LogP contribution in [0.15, 0.2) is 70.7 Å². The highest BCUT2D eigenvalue weighted by atomic mass is 32.1. The first-order chi connectivity index (χ1) is 13.6. The minimum absolute atomic E-state index is 0.200. The lowest BCUT2D eigenvalue weighted by molar-refractivity contribution is 0.0996. The van der Waals surface area contributed by atoms with E-state index in [2.05, 4.69) is 10.3 Å². The summed E-state index contributed by atoms with van der Waals surface area (Å²) < 4.78 is 23.9. The van der Waals surface area contributed by atoms with Crippen molar-refractivity contribution in [2.45, 2.75) is 0 Å². The molecule has 0 aliphatic heterocycles. The summed E-state index contributed by atoms with van der Waals surface area (Å²) in [6.07, 6.45) is 1.45. The molecule has 0 saturated carbocycles. The maximum Gasteiger partial charge on any atom is 0.291 e. The van der Waals surface area contributed by atoms with Gasteiger partial charge in [0.05, 0.1) is 19.1 Å². The minimum atomic E-state index is -0.425. The molecule has 0 bridgehead atoms. The molecule has 5 nitrogen and oxygen atoms in total. The molecule has 4 aromatic rings. The fourth-order valence-electron chi connectivity index (χ4n) is 2.66. The van der Waals surface area contributed by atoms with E-state index in [1.807, 2.05) is 17.5 Å². The Labute approximate surface area is 164 Å². The number of carbonyl (C=O) groups is 1. The second kappa shape index (κ2) is 7.66. The second-order valence-corrected chi connectivity index (χ2v) is 6.75. The summed E-state index contributed by atoms with van der Waals surface area (Å²) in [5.74, 6) is -0.284. The van der Waals surface area contributed by atoms with Crippen LogP contribution in [0.3, 0.4) is 0 Å². The van der Waals surface area contributed by atoms with Gasteiger partial charge >= 0.3 is 0 Å². The van der Waals surface area contributed by atoms with Crippen LogP contribution in [0.25, 0.3) is 21.8 Å². The van der Waals surface area contributed by atoms with Gasteiger partial charge in [-0.05, 0) is 54.6 Å². The van der Waals surface area contributed by atoms with Crippen molar-refractivity contribution >= 4 is 22.9 Å². The predicted molar refractivity (Wildman–Crippen MR) is 106 cm³/mol. The fourth-order valence-corrected chi connectivity index (χ4v) is 3.50. The van der Waals surface area contributed by atoms with Gasteiger partial charge in [0.15, 0.2) is 17.3 Å². The number of thiazole rings is 1. The highest BCUT2D eigenvalue weighted by Gasteiger charge is 2.11. The van der Waals surface area contributed by atoms with Crippen LogP contribution in [0, 0.1) is 5.82 Å². The Morgan fingerprint density at radius 3 is 2.61 bits per heavy atom. The molecule has 0 aliphatic rings. The Balaban J connectivity index is 1.51. The van der Waals surface area contributed by atoms with Crippen LogP contribution >= 0.6 is 11.3 Å². The van der Waals surface area contributed by atoms with Crippen LogP contribution < -0.4 is 10.1 Å². The van der Waals surface area contributed by atoms with E-state index < -0.39 is 5.82 Å². The normalized spacial score (nSPS) is 10.6. The summed E-state index contributed by atoms with van der Waals surface area (Å²) in [4.78, 5) is 16.6. The molecule has 0 atom stereocenters. The average Bonchev–Trinajstić information content (AvgIpc) is 3.41. The SMILES string of the molecule is COc1ccc(-c2csc(-c3ccc(NC(=O)c4ccco4)cc3)n2)cc1F. The zero-order chi connectivity index (χ0) is 19.5. The van der Waals surface area contributed by atoms with Crippen molar-refractivity contribution in [2.75, 3.05) is 12.4 Å². The van der Waals surface area contributed by atoms with Crippen molar-refractivity contribution in [2.24, 2.45) is 0 Å². The third-order valence-corrected chi connectivity index (χ3v) is 4.98. The lowest BCUT2D eigenvalue weighted by Gasteiger charge is -2.04. The Kier molecular flexibility index (Phi) is 4.90. The first kappa shape index (κ1) is 17.9. The summed E-state index contributed by atoms with van der Waals surface area (Å²) in [6.45, 7) is 0. The molecule has 0 unspecified atom stereocenters. The molecule has 0 spiro atoms. The van der Waals surface area contributed by atoms with Gasteiger partial charge in [-0.25, -0.2) is 9.37 Å². The zero-order valence-electron chi connectivity index (χ0n) is 14.8. The number of hydrogen-bond acceptors (Lipinski definition) is 5. The van der Waals surface area contributed by atoms with E-state index in [9.17, 15) is 9.18 Å².